The van der Waals surface area contributed by atoms with Crippen molar-refractivity contribution in [3.63, 3.8) is 0 Å². The molecule has 136 valence electrons. The second-order valence-corrected chi connectivity index (χ2v) is 5.83. The van der Waals surface area contributed by atoms with Gasteiger partial charge in [0, 0.05) is 24.0 Å². The topological polar surface area (TPSA) is 136 Å². The van der Waals surface area contributed by atoms with Gasteiger partial charge in [0.2, 0.25) is 0 Å². The third-order valence-corrected chi connectivity index (χ3v) is 4.11. The Labute approximate surface area is 153 Å². The van der Waals surface area contributed by atoms with Crippen molar-refractivity contribution in [1.29, 1.82) is 0 Å². The SMILES string of the molecule is CNC(=O)c1cccc(Nc2cn3c(C)c(-c4nonc4N)nc3cn2)c1. The highest BCUT2D eigenvalue weighted by Gasteiger charge is 2.18. The summed E-state index contributed by atoms with van der Waals surface area (Å²) in [6.45, 7) is 1.89. The van der Waals surface area contributed by atoms with Gasteiger partial charge in [-0.05, 0) is 35.4 Å². The Morgan fingerprint density at radius 1 is 1.26 bits per heavy atom. The Kier molecular flexibility index (Phi) is 3.92. The molecule has 4 aromatic rings. The Morgan fingerprint density at radius 3 is 2.85 bits per heavy atom. The summed E-state index contributed by atoms with van der Waals surface area (Å²) in [5.41, 5.74) is 9.49. The Balaban J connectivity index is 1.69. The molecule has 0 fully saturated rings. The third-order valence-electron chi connectivity index (χ3n) is 4.11. The van der Waals surface area contributed by atoms with Crippen LogP contribution < -0.4 is 16.4 Å². The number of nitrogens with zero attached hydrogens (tertiary/aromatic N) is 5. The molecule has 1 aromatic carbocycles. The van der Waals surface area contributed by atoms with Crippen LogP contribution in [0.4, 0.5) is 17.3 Å². The number of imidazole rings is 1. The second kappa shape index (κ2) is 6.41. The quantitative estimate of drug-likeness (QED) is 0.498. The number of nitrogens with one attached hydrogen (secondary N) is 2. The zero-order valence-electron chi connectivity index (χ0n) is 14.6. The predicted octanol–water partition coefficient (Wildman–Crippen LogP) is 1.77. The number of aryl methyl sites for hydroxylation is 1. The van der Waals surface area contributed by atoms with E-state index in [-0.39, 0.29) is 11.7 Å². The van der Waals surface area contributed by atoms with Gasteiger partial charge in [0.25, 0.3) is 5.91 Å². The average molecular weight is 364 g/mol. The lowest BCUT2D eigenvalue weighted by molar-refractivity contribution is 0.0963. The molecule has 10 nitrogen and oxygen atoms in total. The van der Waals surface area contributed by atoms with Gasteiger partial charge in [0.15, 0.2) is 17.2 Å². The third kappa shape index (κ3) is 2.92. The van der Waals surface area contributed by atoms with E-state index in [4.69, 9.17) is 5.73 Å². The van der Waals surface area contributed by atoms with Crippen LogP contribution in [0.1, 0.15) is 16.1 Å². The van der Waals surface area contributed by atoms with Crippen LogP contribution in [0.25, 0.3) is 17.0 Å². The van der Waals surface area contributed by atoms with Crippen LogP contribution in [0.15, 0.2) is 41.3 Å². The molecule has 0 saturated heterocycles. The molecule has 1 amide bonds. The van der Waals surface area contributed by atoms with Gasteiger partial charge < -0.3 is 16.4 Å². The first kappa shape index (κ1) is 16.5. The normalized spacial score (nSPS) is 10.9. The molecule has 4 N–H and O–H groups in total. The van der Waals surface area contributed by atoms with Crippen molar-refractivity contribution >= 4 is 28.9 Å². The van der Waals surface area contributed by atoms with Crippen molar-refractivity contribution < 1.29 is 9.42 Å². The second-order valence-electron chi connectivity index (χ2n) is 5.83. The van der Waals surface area contributed by atoms with Crippen molar-refractivity contribution in [2.24, 2.45) is 0 Å². The van der Waals surface area contributed by atoms with Crippen molar-refractivity contribution in [3.8, 4) is 11.4 Å². The van der Waals surface area contributed by atoms with Gasteiger partial charge in [-0.15, -0.1) is 0 Å². The fraction of sp³-hybridized carbons (Fsp3) is 0.118. The van der Waals surface area contributed by atoms with Crippen LogP contribution in [0, 0.1) is 6.92 Å². The van der Waals surface area contributed by atoms with E-state index in [2.05, 4.69) is 35.5 Å². The monoisotopic (exact) mass is 364 g/mol. The molecular formula is C17H16N8O2. The summed E-state index contributed by atoms with van der Waals surface area (Å²) in [4.78, 5) is 20.6. The minimum atomic E-state index is -0.157. The number of nitrogen functional groups attached to an aromatic ring is 1. The lowest BCUT2D eigenvalue weighted by atomic mass is 10.2. The zero-order valence-corrected chi connectivity index (χ0v) is 14.6. The Morgan fingerprint density at radius 2 is 2.11 bits per heavy atom. The Bertz CT molecular complexity index is 1150. The first-order chi connectivity index (χ1) is 13.1. The number of rotatable bonds is 4. The Hall–Kier alpha value is -3.95. The fourth-order valence-corrected chi connectivity index (χ4v) is 2.75. The highest BCUT2D eigenvalue weighted by atomic mass is 16.6. The van der Waals surface area contributed by atoms with Crippen molar-refractivity contribution in [2.75, 3.05) is 18.1 Å². The highest BCUT2D eigenvalue weighted by Crippen LogP contribution is 2.26. The molecule has 0 aliphatic carbocycles. The van der Waals surface area contributed by atoms with Gasteiger partial charge in [-0.25, -0.2) is 14.6 Å². The maximum Gasteiger partial charge on any atom is 0.251 e. The van der Waals surface area contributed by atoms with E-state index in [0.29, 0.717) is 28.4 Å². The molecule has 0 atom stereocenters. The number of fused-ring (bicyclic) bond motifs is 1. The molecule has 10 heteroatoms. The first-order valence-corrected chi connectivity index (χ1v) is 8.09. The lowest BCUT2D eigenvalue weighted by Gasteiger charge is -2.08. The van der Waals surface area contributed by atoms with Gasteiger partial charge in [-0.2, -0.15) is 0 Å². The van der Waals surface area contributed by atoms with E-state index >= 15 is 0 Å². The molecule has 0 saturated carbocycles. The number of aromatic nitrogens is 5. The van der Waals surface area contributed by atoms with Crippen LogP contribution in [-0.4, -0.2) is 37.6 Å². The summed E-state index contributed by atoms with van der Waals surface area (Å²) in [6.07, 6.45) is 3.43. The summed E-state index contributed by atoms with van der Waals surface area (Å²) >= 11 is 0. The summed E-state index contributed by atoms with van der Waals surface area (Å²) in [6, 6.07) is 7.14. The number of carbonyl (C=O) groups excluding carboxylic acids is 1. The van der Waals surface area contributed by atoms with Gasteiger partial charge in [0.1, 0.15) is 11.5 Å². The number of carbonyl (C=O) groups is 1. The largest absolute Gasteiger partial charge is 0.379 e. The smallest absolute Gasteiger partial charge is 0.251 e. The lowest BCUT2D eigenvalue weighted by Crippen LogP contribution is -2.17. The minimum Gasteiger partial charge on any atom is -0.379 e. The van der Waals surface area contributed by atoms with Crippen LogP contribution in [0.3, 0.4) is 0 Å². The summed E-state index contributed by atoms with van der Waals surface area (Å²) in [5.74, 6) is 0.615. The molecule has 0 unspecified atom stereocenters. The number of nitrogens with two attached hydrogens (primary N) is 1. The fourth-order valence-electron chi connectivity index (χ4n) is 2.75. The van der Waals surface area contributed by atoms with E-state index in [1.807, 2.05) is 17.4 Å². The van der Waals surface area contributed by atoms with E-state index < -0.39 is 0 Å². The summed E-state index contributed by atoms with van der Waals surface area (Å²) in [7, 11) is 1.59. The van der Waals surface area contributed by atoms with E-state index in [1.165, 1.54) is 0 Å². The molecule has 0 spiro atoms. The van der Waals surface area contributed by atoms with Gasteiger partial charge >= 0.3 is 0 Å². The molecule has 4 rings (SSSR count). The van der Waals surface area contributed by atoms with Gasteiger partial charge in [-0.3, -0.25) is 9.20 Å². The van der Waals surface area contributed by atoms with E-state index in [0.717, 1.165) is 11.4 Å². The number of anilines is 3. The average Bonchev–Trinajstić information content (AvgIpc) is 3.24. The van der Waals surface area contributed by atoms with Crippen molar-refractivity contribution in [2.45, 2.75) is 6.92 Å². The van der Waals surface area contributed by atoms with Gasteiger partial charge in [0.05, 0.1) is 12.4 Å². The molecular weight excluding hydrogens is 348 g/mol. The summed E-state index contributed by atoms with van der Waals surface area (Å²) in [5, 5.41) is 13.2. The maximum absolute atomic E-state index is 11.8. The minimum absolute atomic E-state index is 0.157. The van der Waals surface area contributed by atoms with Crippen molar-refractivity contribution in [1.82, 2.24) is 30.0 Å². The number of benzene rings is 1. The van der Waals surface area contributed by atoms with Crippen molar-refractivity contribution in [3.05, 3.63) is 47.9 Å². The van der Waals surface area contributed by atoms with Crippen LogP contribution in [0.2, 0.25) is 0 Å². The molecule has 0 bridgehead atoms. The van der Waals surface area contributed by atoms with Crippen LogP contribution in [-0.2, 0) is 0 Å². The maximum atomic E-state index is 11.8. The molecule has 0 aliphatic rings. The molecule has 3 heterocycles. The van der Waals surface area contributed by atoms with Crippen LogP contribution >= 0.6 is 0 Å². The number of hydrogen-bond donors (Lipinski definition) is 3. The van der Waals surface area contributed by atoms with Gasteiger partial charge in [-0.1, -0.05) is 6.07 Å². The number of hydrogen-bond acceptors (Lipinski definition) is 8. The molecule has 0 radical (unpaired) electrons. The van der Waals surface area contributed by atoms with Crippen LogP contribution in [0.5, 0.6) is 0 Å². The predicted molar refractivity (Wildman–Crippen MR) is 98.5 cm³/mol. The molecule has 3 aromatic heterocycles. The standard InChI is InChI=1S/C17H16N8O2/c1-9-14(15-16(18)24-27-23-15)22-13-7-20-12(8-25(9)13)21-11-5-3-4-10(6-11)17(26)19-2/h3-8,21H,1-2H3,(H2,18,24)(H,19,26). The van der Waals surface area contributed by atoms with E-state index in [1.54, 1.807) is 37.6 Å². The first-order valence-electron chi connectivity index (χ1n) is 8.09. The zero-order chi connectivity index (χ0) is 19.0. The highest BCUT2D eigenvalue weighted by molar-refractivity contribution is 5.95. The molecule has 27 heavy (non-hydrogen) atoms. The molecule has 0 aliphatic heterocycles. The number of amides is 1. The summed E-state index contributed by atoms with van der Waals surface area (Å²) < 4.78 is 6.52. The van der Waals surface area contributed by atoms with E-state index in [9.17, 15) is 4.79 Å².